The molecule has 4 aliphatic carbocycles. The summed E-state index contributed by atoms with van der Waals surface area (Å²) in [7, 11) is 0. The van der Waals surface area contributed by atoms with E-state index >= 15 is 0 Å². The summed E-state index contributed by atoms with van der Waals surface area (Å²) in [4.78, 5) is 11.4. The average Bonchev–Trinajstić information content (AvgIpc) is 2.79. The highest BCUT2D eigenvalue weighted by Gasteiger charge is 2.58. The van der Waals surface area contributed by atoms with Gasteiger partial charge in [-0.15, -0.1) is 0 Å². The van der Waals surface area contributed by atoms with Crippen molar-refractivity contribution < 1.29 is 19.0 Å². The maximum Gasteiger partial charge on any atom is 0.307 e. The molecule has 0 radical (unpaired) electrons. The molecule has 0 saturated heterocycles. The van der Waals surface area contributed by atoms with E-state index in [1.165, 1.54) is 12.5 Å². The van der Waals surface area contributed by atoms with Crippen LogP contribution in [0.1, 0.15) is 52.9 Å². The van der Waals surface area contributed by atoms with Crippen LogP contribution in [0.25, 0.3) is 0 Å². The Hall–Kier alpha value is -1.42. The molecule has 0 spiro atoms. The molecule has 0 amide bonds. The molecule has 4 aliphatic rings. The molecule has 4 heteroatoms. The number of rotatable bonds is 1. The van der Waals surface area contributed by atoms with E-state index in [0.717, 1.165) is 19.3 Å². The maximum absolute atomic E-state index is 14.7. The number of hydrogen-bond donors (Lipinski definition) is 1. The van der Waals surface area contributed by atoms with Crippen molar-refractivity contribution in [3.63, 3.8) is 0 Å². The van der Waals surface area contributed by atoms with Gasteiger partial charge in [-0.3, -0.25) is 4.79 Å². The molecular formula is C21H27FO3. The van der Waals surface area contributed by atoms with Crippen molar-refractivity contribution >= 4 is 5.97 Å². The first-order valence-electron chi connectivity index (χ1n) is 9.40. The molecule has 0 aliphatic heterocycles. The Morgan fingerprint density at radius 1 is 1.32 bits per heavy atom. The molecule has 0 aromatic rings. The molecule has 4 rings (SSSR count). The summed E-state index contributed by atoms with van der Waals surface area (Å²) in [5, 5.41) is 9.97. The Balaban J connectivity index is 1.68. The SMILES string of the molecule is CC(=O)OC1=C(F)C[C@H]2[C@@H]3CC=C4C[C@@H](O)C=C[C@]4(C)[C@H]3CC[C@]12C. The minimum atomic E-state index is -0.434. The molecule has 25 heavy (non-hydrogen) atoms. The van der Waals surface area contributed by atoms with Crippen LogP contribution in [0.5, 0.6) is 0 Å². The molecule has 0 aromatic carbocycles. The standard InChI is InChI=1S/C21H27FO3/c1-12(23)25-19-18(22)11-17-15-5-4-13-10-14(24)6-8-20(13,2)16(15)7-9-21(17,19)3/h4,6,8,14-17,24H,5,7,9-11H2,1-3H3/t14-,15+,16-,17-,20-,21-/m0/s1. The number of aliphatic hydroxyl groups is 1. The largest absolute Gasteiger partial charge is 0.428 e. The molecule has 0 bridgehead atoms. The topological polar surface area (TPSA) is 46.5 Å². The third kappa shape index (κ3) is 2.37. The van der Waals surface area contributed by atoms with Crippen LogP contribution < -0.4 is 0 Å². The van der Waals surface area contributed by atoms with Crippen molar-refractivity contribution in [2.75, 3.05) is 0 Å². The first-order valence-corrected chi connectivity index (χ1v) is 9.40. The second-order valence-corrected chi connectivity index (χ2v) is 8.74. The minimum Gasteiger partial charge on any atom is -0.428 e. The van der Waals surface area contributed by atoms with E-state index in [9.17, 15) is 14.3 Å². The number of ether oxygens (including phenoxy) is 1. The summed E-state index contributed by atoms with van der Waals surface area (Å²) in [6.07, 6.45) is 9.85. The van der Waals surface area contributed by atoms with Crippen molar-refractivity contribution in [3.05, 3.63) is 35.4 Å². The summed E-state index contributed by atoms with van der Waals surface area (Å²) in [6.45, 7) is 5.69. The molecule has 0 aromatic heterocycles. The molecule has 136 valence electrons. The molecule has 1 N–H and O–H groups in total. The second-order valence-electron chi connectivity index (χ2n) is 8.74. The van der Waals surface area contributed by atoms with Crippen molar-refractivity contribution in [2.24, 2.45) is 28.6 Å². The van der Waals surface area contributed by atoms with E-state index in [0.29, 0.717) is 24.7 Å². The van der Waals surface area contributed by atoms with Crippen LogP contribution in [-0.2, 0) is 9.53 Å². The molecule has 0 unspecified atom stereocenters. The summed E-state index contributed by atoms with van der Waals surface area (Å²) < 4.78 is 20.0. The van der Waals surface area contributed by atoms with Crippen molar-refractivity contribution in [3.8, 4) is 0 Å². The molecule has 1 fully saturated rings. The highest BCUT2D eigenvalue weighted by Crippen LogP contribution is 2.65. The van der Waals surface area contributed by atoms with E-state index < -0.39 is 5.97 Å². The third-order valence-electron chi connectivity index (χ3n) is 7.43. The van der Waals surface area contributed by atoms with Gasteiger partial charge in [0.05, 0.1) is 6.10 Å². The van der Waals surface area contributed by atoms with Gasteiger partial charge in [-0.2, -0.15) is 0 Å². The zero-order valence-electron chi connectivity index (χ0n) is 15.2. The van der Waals surface area contributed by atoms with Gasteiger partial charge in [0.1, 0.15) is 11.6 Å². The predicted molar refractivity (Wildman–Crippen MR) is 92.9 cm³/mol. The highest BCUT2D eigenvalue weighted by atomic mass is 19.1. The van der Waals surface area contributed by atoms with E-state index in [-0.39, 0.29) is 34.4 Å². The summed E-state index contributed by atoms with van der Waals surface area (Å²) in [5.74, 6) is 0.632. The highest BCUT2D eigenvalue weighted by molar-refractivity contribution is 5.67. The maximum atomic E-state index is 14.7. The first-order chi connectivity index (χ1) is 11.8. The fraction of sp³-hybridized carbons (Fsp3) is 0.667. The number of carbonyl (C=O) groups is 1. The quantitative estimate of drug-likeness (QED) is 0.564. The van der Waals surface area contributed by atoms with Crippen LogP contribution in [-0.4, -0.2) is 17.2 Å². The van der Waals surface area contributed by atoms with Gasteiger partial charge in [0.2, 0.25) is 0 Å². The minimum absolute atomic E-state index is 0.0376. The Labute approximate surface area is 148 Å². The number of hydrogen-bond acceptors (Lipinski definition) is 3. The van der Waals surface area contributed by atoms with Gasteiger partial charge in [-0.05, 0) is 43.4 Å². The molecule has 6 atom stereocenters. The van der Waals surface area contributed by atoms with Gasteiger partial charge in [0.15, 0.2) is 0 Å². The lowest BCUT2D eigenvalue weighted by Gasteiger charge is -2.55. The third-order valence-corrected chi connectivity index (χ3v) is 7.43. The number of halogens is 1. The van der Waals surface area contributed by atoms with Crippen LogP contribution in [0.4, 0.5) is 4.39 Å². The number of allylic oxidation sites excluding steroid dienone is 4. The van der Waals surface area contributed by atoms with Crippen molar-refractivity contribution in [1.29, 1.82) is 0 Å². The van der Waals surface area contributed by atoms with E-state index in [1.807, 2.05) is 6.08 Å². The second kappa shape index (κ2) is 5.54. The predicted octanol–water partition coefficient (Wildman–Crippen LogP) is 4.44. The number of esters is 1. The zero-order chi connectivity index (χ0) is 18.0. The smallest absolute Gasteiger partial charge is 0.307 e. The van der Waals surface area contributed by atoms with Crippen LogP contribution in [0, 0.1) is 28.6 Å². The average molecular weight is 346 g/mol. The first kappa shape index (κ1) is 17.0. The molecule has 0 heterocycles. The van der Waals surface area contributed by atoms with Crippen LogP contribution in [0.15, 0.2) is 35.4 Å². The lowest BCUT2D eigenvalue weighted by molar-refractivity contribution is -0.140. The number of carbonyl (C=O) groups excluding carboxylic acids is 1. The Morgan fingerprint density at radius 2 is 2.08 bits per heavy atom. The lowest BCUT2D eigenvalue weighted by atomic mass is 9.49. The van der Waals surface area contributed by atoms with Gasteiger partial charge < -0.3 is 9.84 Å². The van der Waals surface area contributed by atoms with E-state index in [2.05, 4.69) is 26.0 Å². The van der Waals surface area contributed by atoms with Gasteiger partial charge in [-0.1, -0.05) is 37.6 Å². The fourth-order valence-electron chi connectivity index (χ4n) is 6.13. The van der Waals surface area contributed by atoms with Crippen LogP contribution >= 0.6 is 0 Å². The zero-order valence-corrected chi connectivity index (χ0v) is 15.2. The Bertz CT molecular complexity index is 706. The number of fused-ring (bicyclic) bond motifs is 5. The number of aliphatic hydroxyl groups excluding tert-OH is 1. The summed E-state index contributed by atoms with van der Waals surface area (Å²) in [5.41, 5.74) is 0.916. The fourth-order valence-corrected chi connectivity index (χ4v) is 6.13. The molecule has 1 saturated carbocycles. The van der Waals surface area contributed by atoms with Gasteiger partial charge in [0, 0.05) is 24.2 Å². The summed E-state index contributed by atoms with van der Waals surface area (Å²) >= 11 is 0. The van der Waals surface area contributed by atoms with Crippen molar-refractivity contribution in [2.45, 2.75) is 59.0 Å². The van der Waals surface area contributed by atoms with Crippen LogP contribution in [0.2, 0.25) is 0 Å². The Morgan fingerprint density at radius 3 is 2.80 bits per heavy atom. The molecular weight excluding hydrogens is 319 g/mol. The Kier molecular flexibility index (Phi) is 3.77. The summed E-state index contributed by atoms with van der Waals surface area (Å²) in [6, 6.07) is 0. The van der Waals surface area contributed by atoms with Crippen LogP contribution in [0.3, 0.4) is 0 Å². The monoisotopic (exact) mass is 346 g/mol. The van der Waals surface area contributed by atoms with Crippen molar-refractivity contribution in [1.82, 2.24) is 0 Å². The van der Waals surface area contributed by atoms with Gasteiger partial charge in [-0.25, -0.2) is 4.39 Å². The van der Waals surface area contributed by atoms with E-state index in [1.54, 1.807) is 0 Å². The van der Waals surface area contributed by atoms with Gasteiger partial charge >= 0.3 is 5.97 Å². The van der Waals surface area contributed by atoms with E-state index in [4.69, 9.17) is 4.74 Å². The van der Waals surface area contributed by atoms with Gasteiger partial charge in [0.25, 0.3) is 0 Å². The normalized spacial score (nSPS) is 45.4. The molecule has 3 nitrogen and oxygen atoms in total. The lowest BCUT2D eigenvalue weighted by Crippen LogP contribution is -2.49.